The van der Waals surface area contributed by atoms with Crippen LogP contribution in [0.15, 0.2) is 0 Å². The Labute approximate surface area is 84.9 Å². The molecule has 0 aliphatic heterocycles. The first-order chi connectivity index (χ1) is 5.41. The van der Waals surface area contributed by atoms with Crippen LogP contribution in [-0.2, 0) is 26.5 Å². The van der Waals surface area contributed by atoms with Gasteiger partial charge in [0.2, 0.25) is 0 Å². The van der Waals surface area contributed by atoms with Gasteiger partial charge in [-0.1, -0.05) is 13.3 Å². The van der Waals surface area contributed by atoms with Crippen molar-refractivity contribution in [2.75, 3.05) is 33.0 Å². The van der Waals surface area contributed by atoms with E-state index >= 15 is 0 Å². The predicted molar refractivity (Wildman–Crippen MR) is 43.6 cm³/mol. The minimum Gasteiger partial charge on any atom is -0.394 e. The van der Waals surface area contributed by atoms with Crippen molar-refractivity contribution in [3.63, 3.8) is 0 Å². The number of aliphatic hydroxyl groups excluding tert-OH is 1. The largest absolute Gasteiger partial charge is 0.394 e. The Morgan fingerprint density at radius 3 is 2.08 bits per heavy atom. The molecule has 1 N–H and O–H groups in total. The maximum Gasteiger partial charge on any atom is 0.0701 e. The molecule has 0 aliphatic rings. The fraction of sp³-hybridized carbons (Fsp3) is 1.00. The Morgan fingerprint density at radius 1 is 1.00 bits per heavy atom. The van der Waals surface area contributed by atoms with Gasteiger partial charge >= 0.3 is 0 Å². The van der Waals surface area contributed by atoms with Crippen LogP contribution >= 0.6 is 0 Å². The van der Waals surface area contributed by atoms with Crippen LogP contribution in [-0.4, -0.2) is 38.1 Å². The molecule has 0 unspecified atom stereocenters. The summed E-state index contributed by atoms with van der Waals surface area (Å²) in [5.74, 6) is 0. The maximum absolute atomic E-state index is 8.34. The molecule has 79 valence electrons. The van der Waals surface area contributed by atoms with Gasteiger partial charge in [0.05, 0.1) is 26.4 Å². The molecule has 0 atom stereocenters. The fourth-order valence-electron chi connectivity index (χ4n) is 0.633. The van der Waals surface area contributed by atoms with Crippen LogP contribution in [0.1, 0.15) is 19.8 Å². The molecule has 0 amide bonds. The smallest absolute Gasteiger partial charge is 0.0701 e. The first kappa shape index (κ1) is 14.9. The van der Waals surface area contributed by atoms with E-state index in [0.29, 0.717) is 19.8 Å². The Morgan fingerprint density at radius 2 is 1.58 bits per heavy atom. The summed E-state index contributed by atoms with van der Waals surface area (Å²) in [6, 6.07) is 0. The second-order valence-electron chi connectivity index (χ2n) is 2.30. The van der Waals surface area contributed by atoms with Crippen molar-refractivity contribution in [3.8, 4) is 0 Å². The summed E-state index contributed by atoms with van der Waals surface area (Å²) in [5, 5.41) is 8.34. The summed E-state index contributed by atoms with van der Waals surface area (Å²) in [7, 11) is 0. The molecule has 0 saturated carbocycles. The average molecular weight is 226 g/mol. The van der Waals surface area contributed by atoms with E-state index in [4.69, 9.17) is 14.6 Å². The topological polar surface area (TPSA) is 38.7 Å². The number of unbranched alkanes of at least 4 members (excludes halogenated alkanes) is 1. The molecule has 0 saturated heterocycles. The summed E-state index contributed by atoms with van der Waals surface area (Å²) in [5.41, 5.74) is 0. The molecule has 3 nitrogen and oxygen atoms in total. The SMILES string of the molecule is CCCCOCCOCCO.[Cu]. The van der Waals surface area contributed by atoms with Crippen molar-refractivity contribution in [2.24, 2.45) is 0 Å². The fourth-order valence-corrected chi connectivity index (χ4v) is 0.633. The standard InChI is InChI=1S/C8H18O3.Cu/c1-2-3-5-10-7-8-11-6-4-9;/h9H,2-8H2,1H3;. The molecule has 0 rings (SSSR count). The normalized spacial score (nSPS) is 9.50. The average Bonchev–Trinajstić information content (AvgIpc) is 2.03. The van der Waals surface area contributed by atoms with Crippen LogP contribution in [0.25, 0.3) is 0 Å². The van der Waals surface area contributed by atoms with Gasteiger partial charge < -0.3 is 14.6 Å². The van der Waals surface area contributed by atoms with E-state index in [1.54, 1.807) is 0 Å². The van der Waals surface area contributed by atoms with Gasteiger partial charge in [-0.05, 0) is 6.42 Å². The summed E-state index contributed by atoms with van der Waals surface area (Å²) in [6.45, 7) is 4.68. The summed E-state index contributed by atoms with van der Waals surface area (Å²) >= 11 is 0. The van der Waals surface area contributed by atoms with E-state index < -0.39 is 0 Å². The zero-order valence-electron chi connectivity index (χ0n) is 7.51. The molecule has 4 heteroatoms. The van der Waals surface area contributed by atoms with E-state index in [-0.39, 0.29) is 23.7 Å². The third-order valence-electron chi connectivity index (χ3n) is 1.25. The van der Waals surface area contributed by atoms with Crippen molar-refractivity contribution < 1.29 is 31.6 Å². The van der Waals surface area contributed by atoms with Crippen LogP contribution in [0.4, 0.5) is 0 Å². The van der Waals surface area contributed by atoms with Crippen molar-refractivity contribution in [2.45, 2.75) is 19.8 Å². The first-order valence-electron chi connectivity index (χ1n) is 4.18. The number of hydrogen-bond acceptors (Lipinski definition) is 3. The molecule has 12 heavy (non-hydrogen) atoms. The summed E-state index contributed by atoms with van der Waals surface area (Å²) < 4.78 is 10.2. The molecule has 0 heterocycles. The van der Waals surface area contributed by atoms with Gasteiger partial charge in [-0.15, -0.1) is 0 Å². The van der Waals surface area contributed by atoms with Crippen LogP contribution in [0, 0.1) is 0 Å². The minimum absolute atomic E-state index is 0. The van der Waals surface area contributed by atoms with Crippen LogP contribution in [0.3, 0.4) is 0 Å². The van der Waals surface area contributed by atoms with Gasteiger partial charge in [0.1, 0.15) is 0 Å². The zero-order valence-corrected chi connectivity index (χ0v) is 8.46. The molecule has 0 aromatic carbocycles. The van der Waals surface area contributed by atoms with Crippen molar-refractivity contribution in [3.05, 3.63) is 0 Å². The van der Waals surface area contributed by atoms with Gasteiger partial charge in [0, 0.05) is 23.7 Å². The second-order valence-corrected chi connectivity index (χ2v) is 2.30. The summed E-state index contributed by atoms with van der Waals surface area (Å²) in [4.78, 5) is 0. The molecule has 0 fully saturated rings. The van der Waals surface area contributed by atoms with Crippen molar-refractivity contribution in [1.29, 1.82) is 0 Å². The number of aliphatic hydroxyl groups is 1. The minimum atomic E-state index is 0. The number of rotatable bonds is 8. The molecule has 0 aromatic rings. The monoisotopic (exact) mass is 225 g/mol. The van der Waals surface area contributed by atoms with Gasteiger partial charge in [-0.25, -0.2) is 0 Å². The van der Waals surface area contributed by atoms with Gasteiger partial charge in [-0.3, -0.25) is 0 Å². The zero-order chi connectivity index (χ0) is 8.36. The van der Waals surface area contributed by atoms with E-state index in [0.717, 1.165) is 19.4 Å². The van der Waals surface area contributed by atoms with E-state index in [9.17, 15) is 0 Å². The Bertz CT molecular complexity index is 63.3. The van der Waals surface area contributed by atoms with Crippen molar-refractivity contribution >= 4 is 0 Å². The van der Waals surface area contributed by atoms with Crippen LogP contribution in [0.5, 0.6) is 0 Å². The second kappa shape index (κ2) is 14.0. The van der Waals surface area contributed by atoms with Crippen LogP contribution < -0.4 is 0 Å². The van der Waals surface area contributed by atoms with E-state index in [2.05, 4.69) is 6.92 Å². The molecule has 0 aromatic heterocycles. The third-order valence-corrected chi connectivity index (χ3v) is 1.25. The van der Waals surface area contributed by atoms with Crippen LogP contribution in [0.2, 0.25) is 0 Å². The van der Waals surface area contributed by atoms with Crippen molar-refractivity contribution in [1.82, 2.24) is 0 Å². The number of hydrogen-bond donors (Lipinski definition) is 1. The molecule has 1 radical (unpaired) electrons. The summed E-state index contributed by atoms with van der Waals surface area (Å²) in [6.07, 6.45) is 2.28. The molecule has 0 spiro atoms. The Balaban J connectivity index is 0. The van der Waals surface area contributed by atoms with Gasteiger partial charge in [0.25, 0.3) is 0 Å². The van der Waals surface area contributed by atoms with E-state index in [1.807, 2.05) is 0 Å². The van der Waals surface area contributed by atoms with E-state index in [1.165, 1.54) is 0 Å². The predicted octanol–water partition coefficient (Wildman–Crippen LogP) is 0.810. The maximum atomic E-state index is 8.34. The molecular formula is C8H18CuO3. The number of ether oxygens (including phenoxy) is 2. The Kier molecular flexibility index (Phi) is 17.3. The first-order valence-corrected chi connectivity index (χ1v) is 4.18. The Hall–Kier alpha value is 0.399. The quantitative estimate of drug-likeness (QED) is 0.491. The third kappa shape index (κ3) is 13.0. The molecule has 0 aliphatic carbocycles. The molecule has 0 bridgehead atoms. The molecular weight excluding hydrogens is 208 g/mol. The van der Waals surface area contributed by atoms with Gasteiger partial charge in [-0.2, -0.15) is 0 Å². The van der Waals surface area contributed by atoms with Gasteiger partial charge in [0.15, 0.2) is 0 Å².